The minimum atomic E-state index is -3.57. The Labute approximate surface area is 165 Å². The number of nitrogens with one attached hydrogen (secondary N) is 1. The predicted octanol–water partition coefficient (Wildman–Crippen LogP) is 2.99. The molecule has 0 aliphatic carbocycles. The number of sulfonamides is 1. The van der Waals surface area contributed by atoms with Crippen LogP contribution in [0.25, 0.3) is 0 Å². The lowest BCUT2D eigenvalue weighted by Gasteiger charge is -2.22. The molecule has 2 aromatic rings. The summed E-state index contributed by atoms with van der Waals surface area (Å²) in [4.78, 5) is 12.4. The summed E-state index contributed by atoms with van der Waals surface area (Å²) in [6.07, 6.45) is 1.08. The van der Waals surface area contributed by atoms with Gasteiger partial charge in [0.15, 0.2) is 0 Å². The molecule has 0 aromatic heterocycles. The summed E-state index contributed by atoms with van der Waals surface area (Å²) in [5, 5.41) is 3.39. The molecular weight excluding hydrogens is 388 g/mol. The van der Waals surface area contributed by atoms with E-state index in [0.717, 1.165) is 21.7 Å². The molecule has 146 valence electrons. The van der Waals surface area contributed by atoms with E-state index >= 15 is 0 Å². The molecule has 27 heavy (non-hydrogen) atoms. The molecule has 0 spiro atoms. The van der Waals surface area contributed by atoms with E-state index in [0.29, 0.717) is 10.8 Å². The normalized spacial score (nSPS) is 12.6. The van der Waals surface area contributed by atoms with E-state index < -0.39 is 15.9 Å². The Hall–Kier alpha value is -2.09. The number of carbonyl (C=O) groups excluding carboxylic acids is 1. The van der Waals surface area contributed by atoms with Crippen LogP contribution in [0, 0.1) is 0 Å². The van der Waals surface area contributed by atoms with Crippen LogP contribution < -0.4 is 10.1 Å². The number of rotatable bonds is 8. The maximum Gasteiger partial charge on any atom is 0.235 e. The van der Waals surface area contributed by atoms with Crippen molar-refractivity contribution in [3.8, 4) is 5.75 Å². The minimum absolute atomic E-state index is 0.0897. The zero-order valence-electron chi connectivity index (χ0n) is 15.5. The number of ether oxygens (including phenoxy) is 1. The number of para-hydroxylation sites is 1. The molecule has 8 heteroatoms. The Balaban J connectivity index is 2.08. The van der Waals surface area contributed by atoms with Crippen molar-refractivity contribution in [1.29, 1.82) is 0 Å². The second-order valence-electron chi connectivity index (χ2n) is 6.19. The first-order chi connectivity index (χ1) is 12.7. The molecule has 2 aromatic carbocycles. The van der Waals surface area contributed by atoms with Gasteiger partial charge in [-0.05, 0) is 30.7 Å². The van der Waals surface area contributed by atoms with Gasteiger partial charge in [0.2, 0.25) is 15.9 Å². The molecule has 0 fully saturated rings. The Morgan fingerprint density at radius 2 is 1.81 bits per heavy atom. The van der Waals surface area contributed by atoms with Crippen molar-refractivity contribution in [3.63, 3.8) is 0 Å². The predicted molar refractivity (Wildman–Crippen MR) is 106 cm³/mol. The lowest BCUT2D eigenvalue weighted by molar-refractivity contribution is -0.122. The second kappa shape index (κ2) is 9.21. The Kier molecular flexibility index (Phi) is 7.24. The summed E-state index contributed by atoms with van der Waals surface area (Å²) >= 11 is 5.86. The first-order valence-corrected chi connectivity index (χ1v) is 10.5. The van der Waals surface area contributed by atoms with Crippen LogP contribution in [0.15, 0.2) is 48.5 Å². The standard InChI is InChI=1S/C19H23ClN2O4S/c1-14(17-6-4-5-7-18(17)26-2)21-19(23)13-22(27(3,24)25)12-15-8-10-16(20)11-9-15/h4-11,14H,12-13H2,1-3H3,(H,21,23)/t14-/m1/s1. The van der Waals surface area contributed by atoms with Gasteiger partial charge in [0.05, 0.1) is 26.0 Å². The van der Waals surface area contributed by atoms with E-state index in [-0.39, 0.29) is 19.1 Å². The fourth-order valence-corrected chi connectivity index (χ4v) is 3.49. The zero-order chi connectivity index (χ0) is 20.0. The smallest absolute Gasteiger partial charge is 0.235 e. The molecule has 1 N–H and O–H groups in total. The van der Waals surface area contributed by atoms with Crippen molar-refractivity contribution in [2.75, 3.05) is 19.9 Å². The SMILES string of the molecule is COc1ccccc1[C@@H](C)NC(=O)CN(Cc1ccc(Cl)cc1)S(C)(=O)=O. The quantitative estimate of drug-likeness (QED) is 0.725. The van der Waals surface area contributed by atoms with E-state index in [1.807, 2.05) is 25.1 Å². The van der Waals surface area contributed by atoms with Crippen molar-refractivity contribution in [1.82, 2.24) is 9.62 Å². The van der Waals surface area contributed by atoms with Gasteiger partial charge in [-0.2, -0.15) is 4.31 Å². The molecule has 0 aliphatic rings. The van der Waals surface area contributed by atoms with Crippen LogP contribution in [0.5, 0.6) is 5.75 Å². The van der Waals surface area contributed by atoms with E-state index in [9.17, 15) is 13.2 Å². The average Bonchev–Trinajstić information content (AvgIpc) is 2.62. The Morgan fingerprint density at radius 1 is 1.19 bits per heavy atom. The third-order valence-electron chi connectivity index (χ3n) is 4.04. The van der Waals surface area contributed by atoms with Gasteiger partial charge < -0.3 is 10.1 Å². The zero-order valence-corrected chi connectivity index (χ0v) is 17.0. The van der Waals surface area contributed by atoms with Gasteiger partial charge in [-0.25, -0.2) is 8.42 Å². The number of hydrogen-bond donors (Lipinski definition) is 1. The summed E-state index contributed by atoms with van der Waals surface area (Å²) < 4.78 is 30.6. The largest absolute Gasteiger partial charge is 0.496 e. The molecule has 6 nitrogen and oxygen atoms in total. The topological polar surface area (TPSA) is 75.7 Å². The fourth-order valence-electron chi connectivity index (χ4n) is 2.63. The average molecular weight is 411 g/mol. The molecule has 0 saturated carbocycles. The van der Waals surface area contributed by atoms with Crippen molar-refractivity contribution in [2.45, 2.75) is 19.5 Å². The van der Waals surface area contributed by atoms with Gasteiger partial charge in [0, 0.05) is 17.1 Å². The highest BCUT2D eigenvalue weighted by atomic mass is 35.5. The molecule has 0 bridgehead atoms. The van der Waals surface area contributed by atoms with Crippen LogP contribution in [0.4, 0.5) is 0 Å². The molecule has 1 atom stereocenters. The van der Waals surface area contributed by atoms with Gasteiger partial charge >= 0.3 is 0 Å². The number of halogens is 1. The highest BCUT2D eigenvalue weighted by Crippen LogP contribution is 2.24. The van der Waals surface area contributed by atoms with Crippen LogP contribution >= 0.6 is 11.6 Å². The van der Waals surface area contributed by atoms with Crippen LogP contribution in [-0.4, -0.2) is 38.5 Å². The maximum atomic E-state index is 12.4. The van der Waals surface area contributed by atoms with Gasteiger partial charge in [0.1, 0.15) is 5.75 Å². The first-order valence-electron chi connectivity index (χ1n) is 8.32. The summed E-state index contributed by atoms with van der Waals surface area (Å²) in [6.45, 7) is 1.63. The summed E-state index contributed by atoms with van der Waals surface area (Å²) in [6, 6.07) is 13.9. The molecule has 1 amide bonds. The summed E-state index contributed by atoms with van der Waals surface area (Å²) in [5.41, 5.74) is 1.56. The Bertz CT molecular complexity index is 885. The van der Waals surface area contributed by atoms with Gasteiger partial charge in [-0.1, -0.05) is 41.9 Å². The number of hydrogen-bond acceptors (Lipinski definition) is 4. The third-order valence-corrected chi connectivity index (χ3v) is 5.49. The number of nitrogens with zero attached hydrogens (tertiary/aromatic N) is 1. The van der Waals surface area contributed by atoms with Crippen molar-refractivity contribution < 1.29 is 17.9 Å². The Morgan fingerprint density at radius 3 is 2.41 bits per heavy atom. The molecule has 0 radical (unpaired) electrons. The monoisotopic (exact) mass is 410 g/mol. The van der Waals surface area contributed by atoms with Crippen LogP contribution in [0.3, 0.4) is 0 Å². The highest BCUT2D eigenvalue weighted by Gasteiger charge is 2.22. The van der Waals surface area contributed by atoms with Gasteiger partial charge in [0.25, 0.3) is 0 Å². The highest BCUT2D eigenvalue weighted by molar-refractivity contribution is 7.88. The van der Waals surface area contributed by atoms with E-state index in [1.54, 1.807) is 37.4 Å². The van der Waals surface area contributed by atoms with Crippen LogP contribution in [-0.2, 0) is 21.4 Å². The van der Waals surface area contributed by atoms with Crippen molar-refractivity contribution in [3.05, 3.63) is 64.7 Å². The van der Waals surface area contributed by atoms with E-state index in [4.69, 9.17) is 16.3 Å². The third kappa shape index (κ3) is 6.23. The van der Waals surface area contributed by atoms with Crippen LogP contribution in [0.2, 0.25) is 5.02 Å². The number of carbonyl (C=O) groups is 1. The van der Waals surface area contributed by atoms with Gasteiger partial charge in [-0.15, -0.1) is 0 Å². The lowest BCUT2D eigenvalue weighted by atomic mass is 10.1. The molecule has 0 aliphatic heterocycles. The summed E-state index contributed by atoms with van der Waals surface area (Å²) in [7, 11) is -2.01. The molecule has 0 saturated heterocycles. The minimum Gasteiger partial charge on any atom is -0.496 e. The van der Waals surface area contributed by atoms with E-state index in [2.05, 4.69) is 5.32 Å². The second-order valence-corrected chi connectivity index (χ2v) is 8.61. The number of benzene rings is 2. The number of amides is 1. The maximum absolute atomic E-state index is 12.4. The fraction of sp³-hybridized carbons (Fsp3) is 0.316. The summed E-state index contributed by atoms with van der Waals surface area (Å²) in [5.74, 6) is 0.263. The molecule has 0 heterocycles. The molecule has 2 rings (SSSR count). The van der Waals surface area contributed by atoms with Crippen LogP contribution in [0.1, 0.15) is 24.1 Å². The van der Waals surface area contributed by atoms with E-state index in [1.165, 1.54) is 0 Å². The molecular formula is C19H23ClN2O4S. The van der Waals surface area contributed by atoms with Gasteiger partial charge in [-0.3, -0.25) is 4.79 Å². The van der Waals surface area contributed by atoms with Crippen molar-refractivity contribution in [2.24, 2.45) is 0 Å². The van der Waals surface area contributed by atoms with Crippen molar-refractivity contribution >= 4 is 27.5 Å². The first kappa shape index (κ1) is 21.2. The lowest BCUT2D eigenvalue weighted by Crippen LogP contribution is -2.40. The molecule has 0 unspecified atom stereocenters. The number of methoxy groups -OCH3 is 1.